The van der Waals surface area contributed by atoms with Crippen LogP contribution in [0.1, 0.15) is 56.7 Å². The van der Waals surface area contributed by atoms with E-state index in [0.29, 0.717) is 11.3 Å². The molecule has 1 aromatic carbocycles. The summed E-state index contributed by atoms with van der Waals surface area (Å²) < 4.78 is 11.7. The van der Waals surface area contributed by atoms with E-state index >= 15 is 0 Å². The number of esters is 1. The zero-order chi connectivity index (χ0) is 32.7. The molecule has 1 saturated heterocycles. The van der Waals surface area contributed by atoms with Gasteiger partial charge in [0.2, 0.25) is 5.91 Å². The number of carbonyl (C=O) groups is 4. The molecule has 45 heavy (non-hydrogen) atoms. The average Bonchev–Trinajstić information content (AvgIpc) is 3.35. The number of hydrogen-bond donors (Lipinski definition) is 2. The lowest BCUT2D eigenvalue weighted by Crippen LogP contribution is -2.56. The quantitative estimate of drug-likeness (QED) is 0.341. The molecule has 0 aliphatic carbocycles. The molecular formula is C31H39N7O7. The molecule has 14 nitrogen and oxygen atoms in total. The predicted molar refractivity (Wildman–Crippen MR) is 164 cm³/mol. The Bertz CT molecular complexity index is 1590. The van der Waals surface area contributed by atoms with E-state index in [2.05, 4.69) is 20.4 Å². The van der Waals surface area contributed by atoms with Gasteiger partial charge in [-0.25, -0.2) is 19.4 Å². The normalized spacial score (nSPS) is 14.1. The van der Waals surface area contributed by atoms with Crippen molar-refractivity contribution in [2.75, 3.05) is 32.8 Å². The van der Waals surface area contributed by atoms with Gasteiger partial charge >= 0.3 is 12.1 Å². The fraction of sp³-hybridized carbons (Fsp3) is 0.452. The van der Waals surface area contributed by atoms with Gasteiger partial charge in [-0.1, -0.05) is 30.3 Å². The summed E-state index contributed by atoms with van der Waals surface area (Å²) in [5.74, 6) is -1.29. The van der Waals surface area contributed by atoms with Crippen molar-refractivity contribution in [2.24, 2.45) is 0 Å². The van der Waals surface area contributed by atoms with Crippen molar-refractivity contribution in [2.45, 2.75) is 59.1 Å². The predicted octanol–water partition coefficient (Wildman–Crippen LogP) is 2.45. The Kier molecular flexibility index (Phi) is 10.4. The van der Waals surface area contributed by atoms with Gasteiger partial charge < -0.3 is 24.6 Å². The highest BCUT2D eigenvalue weighted by Gasteiger charge is 2.32. The smallest absolute Gasteiger partial charge is 0.409 e. The maximum Gasteiger partial charge on any atom is 0.409 e. The van der Waals surface area contributed by atoms with Crippen LogP contribution in [0.3, 0.4) is 0 Å². The first-order chi connectivity index (χ1) is 21.3. The Balaban J connectivity index is 1.61. The van der Waals surface area contributed by atoms with Crippen LogP contribution >= 0.6 is 0 Å². The van der Waals surface area contributed by atoms with Crippen LogP contribution < -0.4 is 10.9 Å². The molecule has 4 rings (SSSR count). The van der Waals surface area contributed by atoms with Crippen LogP contribution in [-0.4, -0.2) is 97.9 Å². The van der Waals surface area contributed by atoms with Crippen molar-refractivity contribution in [3.63, 3.8) is 0 Å². The summed E-state index contributed by atoms with van der Waals surface area (Å²) in [5.41, 5.74) is 0.0375. The highest BCUT2D eigenvalue weighted by Crippen LogP contribution is 2.18. The van der Waals surface area contributed by atoms with E-state index in [9.17, 15) is 24.0 Å². The number of aryl methyl sites for hydroxylation is 1. The third-order valence-electron chi connectivity index (χ3n) is 6.83. The van der Waals surface area contributed by atoms with Crippen LogP contribution in [0.25, 0.3) is 17.2 Å². The van der Waals surface area contributed by atoms with Crippen molar-refractivity contribution in [3.05, 3.63) is 64.2 Å². The first-order valence-electron chi connectivity index (χ1n) is 14.8. The molecule has 0 saturated carbocycles. The second-order valence-corrected chi connectivity index (χ2v) is 11.6. The number of carbonyl (C=O) groups excluding carboxylic acids is 4. The van der Waals surface area contributed by atoms with Gasteiger partial charge in [-0.2, -0.15) is 0 Å². The number of amides is 3. The Hall–Kier alpha value is -5.01. The number of aromatic amines is 1. The second-order valence-electron chi connectivity index (χ2n) is 11.6. The van der Waals surface area contributed by atoms with E-state index in [1.807, 2.05) is 6.07 Å². The highest BCUT2D eigenvalue weighted by molar-refractivity contribution is 5.97. The number of piperazine rings is 1. The fourth-order valence-electron chi connectivity index (χ4n) is 4.75. The Morgan fingerprint density at radius 2 is 1.67 bits per heavy atom. The molecule has 2 aromatic heterocycles. The van der Waals surface area contributed by atoms with Crippen molar-refractivity contribution < 1.29 is 28.7 Å². The summed E-state index contributed by atoms with van der Waals surface area (Å²) in [5, 5.41) is 5.66. The van der Waals surface area contributed by atoms with Gasteiger partial charge in [0.15, 0.2) is 11.6 Å². The maximum atomic E-state index is 13.7. The molecule has 3 amide bonds. The van der Waals surface area contributed by atoms with Gasteiger partial charge in [-0.15, -0.1) is 0 Å². The topological polar surface area (TPSA) is 169 Å². The monoisotopic (exact) mass is 621 g/mol. The lowest BCUT2D eigenvalue weighted by atomic mass is 10.1. The molecule has 240 valence electrons. The average molecular weight is 622 g/mol. The van der Waals surface area contributed by atoms with Crippen LogP contribution in [-0.2, 0) is 19.1 Å². The molecule has 1 aliphatic heterocycles. The third-order valence-corrected chi connectivity index (χ3v) is 6.83. The van der Waals surface area contributed by atoms with Crippen molar-refractivity contribution in [1.82, 2.24) is 34.9 Å². The first-order valence-corrected chi connectivity index (χ1v) is 14.8. The second kappa shape index (κ2) is 14.2. The number of nitrogens with zero attached hydrogens (tertiary/aromatic N) is 5. The number of H-pyrrole nitrogens is 1. The third kappa shape index (κ3) is 8.77. The van der Waals surface area contributed by atoms with Gasteiger partial charge in [0, 0.05) is 56.0 Å². The Morgan fingerprint density at radius 3 is 2.27 bits per heavy atom. The van der Waals surface area contributed by atoms with E-state index in [1.54, 1.807) is 58.9 Å². The van der Waals surface area contributed by atoms with Gasteiger partial charge in [-0.05, 0) is 41.0 Å². The van der Waals surface area contributed by atoms with E-state index in [0.717, 1.165) is 0 Å². The van der Waals surface area contributed by atoms with Crippen LogP contribution in [0, 0.1) is 6.92 Å². The number of aromatic nitrogens is 4. The van der Waals surface area contributed by atoms with E-state index in [4.69, 9.17) is 9.47 Å². The molecule has 1 atom stereocenters. The summed E-state index contributed by atoms with van der Waals surface area (Å²) in [6, 6.07) is 10.6. The van der Waals surface area contributed by atoms with E-state index < -0.39 is 35.5 Å². The molecule has 0 spiro atoms. The molecule has 3 heterocycles. The van der Waals surface area contributed by atoms with Gasteiger partial charge in [0.05, 0.1) is 6.61 Å². The standard InChI is InChI=1S/C31H39N7O7/c1-6-44-30(43)37-16-14-36(15-17-37)29(42)22(12-13-26(40)45-31(3,4)5)33-28(41)23-19-24(38-25(39)18-20(2)35-38)34-27(32-23)21-10-8-7-9-11-21/h7-11,18-19,22,35H,6,12-17H2,1-5H3,(H,33,41). The van der Waals surface area contributed by atoms with Gasteiger partial charge in [-0.3, -0.25) is 24.3 Å². The molecule has 2 N–H and O–H groups in total. The molecule has 1 unspecified atom stereocenters. The summed E-state index contributed by atoms with van der Waals surface area (Å²) in [6.07, 6.45) is -0.612. The summed E-state index contributed by atoms with van der Waals surface area (Å²) in [6.45, 7) is 9.88. The number of ether oxygens (including phenoxy) is 2. The van der Waals surface area contributed by atoms with E-state index in [-0.39, 0.29) is 68.5 Å². The van der Waals surface area contributed by atoms with Crippen molar-refractivity contribution >= 4 is 23.9 Å². The number of benzene rings is 1. The highest BCUT2D eigenvalue weighted by atomic mass is 16.6. The first kappa shape index (κ1) is 32.9. The lowest BCUT2D eigenvalue weighted by Gasteiger charge is -2.36. The van der Waals surface area contributed by atoms with E-state index in [1.165, 1.54) is 26.6 Å². The zero-order valence-electron chi connectivity index (χ0n) is 26.2. The molecule has 14 heteroatoms. The van der Waals surface area contributed by atoms with Gasteiger partial charge in [0.25, 0.3) is 11.5 Å². The van der Waals surface area contributed by atoms with Crippen LogP contribution in [0.15, 0.2) is 47.3 Å². The Labute approximate surface area is 260 Å². The summed E-state index contributed by atoms with van der Waals surface area (Å²) >= 11 is 0. The minimum absolute atomic E-state index is 0.0314. The molecule has 1 aliphatic rings. The molecule has 0 radical (unpaired) electrons. The number of hydrogen-bond acceptors (Lipinski definition) is 9. The minimum atomic E-state index is -1.10. The molecule has 1 fully saturated rings. The van der Waals surface area contributed by atoms with Crippen LogP contribution in [0.2, 0.25) is 0 Å². The summed E-state index contributed by atoms with van der Waals surface area (Å²) in [4.78, 5) is 76.8. The maximum absolute atomic E-state index is 13.7. The van der Waals surface area contributed by atoms with Crippen molar-refractivity contribution in [1.29, 1.82) is 0 Å². The SMILES string of the molecule is CCOC(=O)N1CCN(C(=O)C(CCC(=O)OC(C)(C)C)NC(=O)c2cc(-n3[nH]c(C)cc3=O)nc(-c3ccccc3)n2)CC1. The number of rotatable bonds is 9. The fourth-order valence-corrected chi connectivity index (χ4v) is 4.75. The molecule has 0 bridgehead atoms. The number of nitrogens with one attached hydrogen (secondary N) is 2. The van der Waals surface area contributed by atoms with Crippen LogP contribution in [0.4, 0.5) is 4.79 Å². The van der Waals surface area contributed by atoms with Crippen LogP contribution in [0.5, 0.6) is 0 Å². The summed E-state index contributed by atoms with van der Waals surface area (Å²) in [7, 11) is 0. The largest absolute Gasteiger partial charge is 0.460 e. The minimum Gasteiger partial charge on any atom is -0.460 e. The Morgan fingerprint density at radius 1 is 1.00 bits per heavy atom. The lowest BCUT2D eigenvalue weighted by molar-refractivity contribution is -0.155. The van der Waals surface area contributed by atoms with Gasteiger partial charge in [0.1, 0.15) is 17.3 Å². The van der Waals surface area contributed by atoms with Crippen molar-refractivity contribution in [3.8, 4) is 17.2 Å². The molecular weight excluding hydrogens is 582 g/mol. The molecule has 3 aromatic rings. The zero-order valence-corrected chi connectivity index (χ0v) is 26.2.